The third-order valence-electron chi connectivity index (χ3n) is 3.86. The molecule has 0 aliphatic carbocycles. The van der Waals surface area contributed by atoms with Gasteiger partial charge in [0.25, 0.3) is 5.91 Å². The molecule has 1 fully saturated rings. The average molecular weight is 426 g/mol. The maximum Gasteiger partial charge on any atom is 0.253 e. The minimum Gasteiger partial charge on any atom is -0.353 e. The van der Waals surface area contributed by atoms with Crippen LogP contribution in [0.4, 0.5) is 5.69 Å². The molecule has 1 aliphatic heterocycles. The van der Waals surface area contributed by atoms with Gasteiger partial charge in [0, 0.05) is 48.8 Å². The lowest BCUT2D eigenvalue weighted by atomic mass is 10.2. The third kappa shape index (κ3) is 8.71. The summed E-state index contributed by atoms with van der Waals surface area (Å²) in [6, 6.07) is 16.9. The van der Waals surface area contributed by atoms with Crippen LogP contribution in [0.2, 0.25) is 5.02 Å². The Balaban J connectivity index is 0.000000265. The standard InChI is InChI=1S/C12H16N2O.C7H6ClNS.CH3Cl/c1-13-7-9-14(10-8-13)12(15)11-5-3-2-4-6-11;8-6-2-1-3-7(4-6)9-5-10;1-2/h2-6H,7-10H2,1H3;1-5H,(H,9,10);1H3. The number of halogens is 2. The molecule has 146 valence electrons. The molecule has 0 spiro atoms. The molecule has 1 heterocycles. The van der Waals surface area contributed by atoms with Gasteiger partial charge in [0.05, 0.1) is 5.49 Å². The minimum atomic E-state index is 0.156. The molecular weight excluding hydrogens is 401 g/mol. The Kier molecular flexibility index (Phi) is 11.7. The second kappa shape index (κ2) is 13.5. The normalized spacial score (nSPS) is 13.4. The van der Waals surface area contributed by atoms with E-state index < -0.39 is 0 Å². The molecule has 0 bridgehead atoms. The highest BCUT2D eigenvalue weighted by molar-refractivity contribution is 7.79. The molecule has 2 aromatic rings. The molecule has 1 N–H and O–H groups in total. The first-order valence-corrected chi connectivity index (χ1v) is 10.1. The van der Waals surface area contributed by atoms with E-state index >= 15 is 0 Å². The van der Waals surface area contributed by atoms with Crippen LogP contribution in [0.5, 0.6) is 0 Å². The van der Waals surface area contributed by atoms with Gasteiger partial charge in [0.15, 0.2) is 0 Å². The number of benzene rings is 2. The van der Waals surface area contributed by atoms with E-state index in [0.717, 1.165) is 37.4 Å². The van der Waals surface area contributed by atoms with Crippen LogP contribution in [-0.4, -0.2) is 60.8 Å². The molecule has 4 nitrogen and oxygen atoms in total. The number of rotatable bonds is 3. The van der Waals surface area contributed by atoms with E-state index in [0.29, 0.717) is 5.02 Å². The van der Waals surface area contributed by atoms with E-state index in [4.69, 9.17) is 11.6 Å². The largest absolute Gasteiger partial charge is 0.353 e. The molecule has 0 radical (unpaired) electrons. The quantitative estimate of drug-likeness (QED) is 0.573. The van der Waals surface area contributed by atoms with Crippen LogP contribution in [0.25, 0.3) is 0 Å². The topological polar surface area (TPSA) is 35.6 Å². The number of carbonyl (C=O) groups is 1. The Morgan fingerprint density at radius 2 is 1.67 bits per heavy atom. The van der Waals surface area contributed by atoms with Crippen molar-refractivity contribution in [1.82, 2.24) is 9.80 Å². The van der Waals surface area contributed by atoms with E-state index in [1.807, 2.05) is 59.5 Å². The van der Waals surface area contributed by atoms with Gasteiger partial charge in [-0.1, -0.05) is 48.1 Å². The van der Waals surface area contributed by atoms with Gasteiger partial charge in [-0.15, -0.1) is 11.6 Å². The van der Waals surface area contributed by atoms with Gasteiger partial charge in [-0.05, 0) is 37.4 Å². The van der Waals surface area contributed by atoms with Crippen molar-refractivity contribution in [3.8, 4) is 0 Å². The maximum atomic E-state index is 12.0. The fourth-order valence-electron chi connectivity index (χ4n) is 2.42. The smallest absolute Gasteiger partial charge is 0.253 e. The predicted molar refractivity (Wildman–Crippen MR) is 120 cm³/mol. The highest BCUT2D eigenvalue weighted by Gasteiger charge is 2.19. The first-order valence-electron chi connectivity index (χ1n) is 8.46. The van der Waals surface area contributed by atoms with Crippen molar-refractivity contribution in [3.05, 3.63) is 65.2 Å². The van der Waals surface area contributed by atoms with Crippen molar-refractivity contribution in [2.45, 2.75) is 0 Å². The molecule has 7 heteroatoms. The summed E-state index contributed by atoms with van der Waals surface area (Å²) < 4.78 is 0. The van der Waals surface area contributed by atoms with Crippen LogP contribution in [0.3, 0.4) is 0 Å². The number of anilines is 1. The fourth-order valence-corrected chi connectivity index (χ4v) is 2.75. The minimum absolute atomic E-state index is 0.156. The Bertz CT molecular complexity index is 693. The van der Waals surface area contributed by atoms with Gasteiger partial charge in [0.1, 0.15) is 0 Å². The number of nitrogens with zero attached hydrogens (tertiary/aromatic N) is 2. The molecule has 1 aliphatic rings. The van der Waals surface area contributed by atoms with Gasteiger partial charge in [-0.25, -0.2) is 0 Å². The number of carbonyl (C=O) groups excluding carboxylic acids is 1. The molecular formula is C20H25Cl2N3OS. The number of amides is 1. The summed E-state index contributed by atoms with van der Waals surface area (Å²) in [6.45, 7) is 3.62. The van der Waals surface area contributed by atoms with Gasteiger partial charge < -0.3 is 15.1 Å². The summed E-state index contributed by atoms with van der Waals surface area (Å²) in [5.41, 5.74) is 3.16. The number of hydrogen-bond acceptors (Lipinski definition) is 3. The molecule has 2 aromatic carbocycles. The first kappa shape index (κ1) is 23.4. The maximum absolute atomic E-state index is 12.0. The van der Waals surface area contributed by atoms with Gasteiger partial charge in [-0.2, -0.15) is 0 Å². The van der Waals surface area contributed by atoms with Crippen molar-refractivity contribution in [2.24, 2.45) is 0 Å². The lowest BCUT2D eigenvalue weighted by molar-refractivity contribution is 0.0664. The number of hydrogen-bond donors (Lipinski definition) is 1. The molecule has 0 atom stereocenters. The Morgan fingerprint density at radius 1 is 1.04 bits per heavy atom. The zero-order chi connectivity index (χ0) is 20.1. The van der Waals surface area contributed by atoms with Crippen molar-refractivity contribution in [3.63, 3.8) is 0 Å². The molecule has 27 heavy (non-hydrogen) atoms. The van der Waals surface area contributed by atoms with E-state index in [1.54, 1.807) is 0 Å². The van der Waals surface area contributed by atoms with Gasteiger partial charge >= 0.3 is 0 Å². The zero-order valence-electron chi connectivity index (χ0n) is 15.6. The van der Waals surface area contributed by atoms with Crippen LogP contribution in [0.15, 0.2) is 54.6 Å². The van der Waals surface area contributed by atoms with E-state index in [1.165, 1.54) is 11.9 Å². The fraction of sp³-hybridized carbons (Fsp3) is 0.300. The van der Waals surface area contributed by atoms with Crippen LogP contribution in [0, 0.1) is 0 Å². The summed E-state index contributed by atoms with van der Waals surface area (Å²) in [5, 5.41) is 3.56. The Labute approximate surface area is 177 Å². The van der Waals surface area contributed by atoms with E-state index in [9.17, 15) is 4.79 Å². The van der Waals surface area contributed by atoms with Crippen molar-refractivity contribution in [1.29, 1.82) is 0 Å². The van der Waals surface area contributed by atoms with Crippen LogP contribution < -0.4 is 5.32 Å². The summed E-state index contributed by atoms with van der Waals surface area (Å²) in [6.07, 6.45) is 1.47. The number of thiocarbonyl (C=S) groups is 1. The molecule has 0 aromatic heterocycles. The summed E-state index contributed by atoms with van der Waals surface area (Å²) in [5.74, 6) is 0.156. The molecule has 0 unspecified atom stereocenters. The summed E-state index contributed by atoms with van der Waals surface area (Å²) >= 11 is 14.9. The number of likely N-dealkylation sites (N-methyl/N-ethyl adjacent to an activating group) is 1. The summed E-state index contributed by atoms with van der Waals surface area (Å²) in [7, 11) is 2.09. The lowest BCUT2D eigenvalue weighted by Gasteiger charge is -2.32. The molecule has 1 amide bonds. The first-order chi connectivity index (χ1) is 13.1. The van der Waals surface area contributed by atoms with Crippen LogP contribution >= 0.6 is 35.4 Å². The van der Waals surface area contributed by atoms with Crippen molar-refractivity contribution >= 4 is 52.5 Å². The van der Waals surface area contributed by atoms with Crippen molar-refractivity contribution < 1.29 is 4.79 Å². The highest BCUT2D eigenvalue weighted by Crippen LogP contribution is 2.13. The van der Waals surface area contributed by atoms with Gasteiger partial charge in [-0.3, -0.25) is 4.79 Å². The lowest BCUT2D eigenvalue weighted by Crippen LogP contribution is -2.47. The summed E-state index contributed by atoms with van der Waals surface area (Å²) in [4.78, 5) is 16.2. The van der Waals surface area contributed by atoms with E-state index in [-0.39, 0.29) is 5.91 Å². The number of alkyl halides is 1. The van der Waals surface area contributed by atoms with E-state index in [2.05, 4.69) is 41.1 Å². The Morgan fingerprint density at radius 3 is 2.22 bits per heavy atom. The van der Waals surface area contributed by atoms with Gasteiger partial charge in [0.2, 0.25) is 0 Å². The number of nitrogens with one attached hydrogen (secondary N) is 1. The average Bonchev–Trinajstić information content (AvgIpc) is 2.71. The zero-order valence-corrected chi connectivity index (χ0v) is 17.9. The molecule has 3 rings (SSSR count). The second-order valence-electron chi connectivity index (χ2n) is 5.73. The molecule has 1 saturated heterocycles. The van der Waals surface area contributed by atoms with Crippen LogP contribution in [0.1, 0.15) is 10.4 Å². The second-order valence-corrected chi connectivity index (χ2v) is 6.41. The predicted octanol–water partition coefficient (Wildman–Crippen LogP) is 4.64. The monoisotopic (exact) mass is 425 g/mol. The number of piperazine rings is 1. The Hall–Kier alpha value is -1.66. The molecule has 0 saturated carbocycles. The highest BCUT2D eigenvalue weighted by atomic mass is 35.5. The van der Waals surface area contributed by atoms with Crippen LogP contribution in [-0.2, 0) is 0 Å². The third-order valence-corrected chi connectivity index (χ3v) is 4.21. The van der Waals surface area contributed by atoms with Crippen molar-refractivity contribution in [2.75, 3.05) is 44.9 Å². The SMILES string of the molecule is CCl.CN1CCN(C(=O)c2ccccc2)CC1.S=CNc1cccc(Cl)c1.